The lowest BCUT2D eigenvalue weighted by atomic mass is 10.1. The largest absolute Gasteiger partial charge is 0.365 e. The summed E-state index contributed by atoms with van der Waals surface area (Å²) in [6, 6.07) is 10.1. The van der Waals surface area contributed by atoms with Gasteiger partial charge in [0.15, 0.2) is 0 Å². The molecule has 1 aromatic heterocycles. The Morgan fingerprint density at radius 3 is 2.81 bits per heavy atom. The van der Waals surface area contributed by atoms with Crippen LogP contribution in [-0.4, -0.2) is 47.8 Å². The van der Waals surface area contributed by atoms with Gasteiger partial charge in [0.25, 0.3) is 5.91 Å². The van der Waals surface area contributed by atoms with Gasteiger partial charge < -0.3 is 25.3 Å². The van der Waals surface area contributed by atoms with Crippen molar-refractivity contribution in [2.75, 3.05) is 18.5 Å². The molecule has 0 saturated carbocycles. The molecular weight excluding hydrogens is 449 g/mol. The summed E-state index contributed by atoms with van der Waals surface area (Å²) in [5.41, 5.74) is 2.89. The molecule has 32 heavy (non-hydrogen) atoms. The number of rotatable bonds is 7. The Balaban J connectivity index is 1.49. The third-order valence-electron chi connectivity index (χ3n) is 5.93. The van der Waals surface area contributed by atoms with Gasteiger partial charge in [0.1, 0.15) is 12.1 Å². The first-order valence-electron chi connectivity index (χ1n) is 10.6. The predicted octanol–water partition coefficient (Wildman–Crippen LogP) is 4.12. The van der Waals surface area contributed by atoms with Gasteiger partial charge in [-0.2, -0.15) is 0 Å². The third-order valence-corrected chi connectivity index (χ3v) is 6.47. The molecule has 3 N–H and O–H groups in total. The van der Waals surface area contributed by atoms with Crippen molar-refractivity contribution in [3.63, 3.8) is 0 Å². The molecule has 1 unspecified atom stereocenters. The minimum atomic E-state index is -0.334. The minimum Gasteiger partial charge on any atom is -0.365 e. The highest BCUT2D eigenvalue weighted by molar-refractivity contribution is 6.33. The number of anilines is 1. The van der Waals surface area contributed by atoms with E-state index in [9.17, 15) is 9.59 Å². The average molecular weight is 474 g/mol. The molecular formula is C23H25Cl2N5O2. The number of amides is 1. The van der Waals surface area contributed by atoms with Crippen LogP contribution in [0.1, 0.15) is 42.0 Å². The number of benzene rings is 2. The molecule has 0 aliphatic carbocycles. The number of likely N-dealkylation sites (N-methyl/N-ethyl adjacent to an activating group) is 1. The maximum atomic E-state index is 12.8. The number of carbonyl (C=O) groups is 2. The predicted molar refractivity (Wildman–Crippen MR) is 128 cm³/mol. The van der Waals surface area contributed by atoms with Crippen LogP contribution >= 0.6 is 23.2 Å². The van der Waals surface area contributed by atoms with E-state index < -0.39 is 0 Å². The first kappa shape index (κ1) is 22.6. The second-order valence-corrected chi connectivity index (χ2v) is 8.84. The van der Waals surface area contributed by atoms with Crippen LogP contribution in [0, 0.1) is 0 Å². The average Bonchev–Trinajstić information content (AvgIpc) is 3.41. The maximum absolute atomic E-state index is 12.8. The minimum absolute atomic E-state index is 0.0382. The van der Waals surface area contributed by atoms with Gasteiger partial charge >= 0.3 is 0 Å². The number of H-pyrrole nitrogens is 1. The number of hydrogen-bond donors (Lipinski definition) is 3. The Kier molecular flexibility index (Phi) is 6.69. The van der Waals surface area contributed by atoms with Gasteiger partial charge in [0.05, 0.1) is 39.9 Å². The van der Waals surface area contributed by atoms with Gasteiger partial charge in [0, 0.05) is 17.1 Å². The van der Waals surface area contributed by atoms with Gasteiger partial charge in [-0.1, -0.05) is 23.2 Å². The van der Waals surface area contributed by atoms with Gasteiger partial charge in [-0.05, 0) is 63.2 Å². The van der Waals surface area contributed by atoms with E-state index in [2.05, 4.69) is 25.5 Å². The molecule has 3 aromatic rings. The molecule has 168 valence electrons. The van der Waals surface area contributed by atoms with Gasteiger partial charge in [-0.25, -0.2) is 4.98 Å². The zero-order valence-electron chi connectivity index (χ0n) is 17.9. The van der Waals surface area contributed by atoms with E-state index in [1.165, 1.54) is 0 Å². The lowest BCUT2D eigenvalue weighted by Gasteiger charge is -2.31. The van der Waals surface area contributed by atoms with Crippen LogP contribution in [0.15, 0.2) is 36.4 Å². The summed E-state index contributed by atoms with van der Waals surface area (Å²) in [7, 11) is 1.78. The van der Waals surface area contributed by atoms with E-state index in [0.29, 0.717) is 21.4 Å². The van der Waals surface area contributed by atoms with E-state index in [-0.39, 0.29) is 24.0 Å². The zero-order chi connectivity index (χ0) is 22.8. The molecule has 1 aliphatic heterocycles. The van der Waals surface area contributed by atoms with Crippen molar-refractivity contribution in [1.82, 2.24) is 20.6 Å². The Labute approximate surface area is 196 Å². The first-order valence-corrected chi connectivity index (χ1v) is 11.3. The molecule has 2 heterocycles. The molecule has 0 radical (unpaired) electrons. The molecule has 1 saturated heterocycles. The summed E-state index contributed by atoms with van der Waals surface area (Å²) in [5.74, 6) is 0.397. The molecule has 1 amide bonds. The van der Waals surface area contributed by atoms with Crippen LogP contribution in [0.4, 0.5) is 5.69 Å². The quantitative estimate of drug-likeness (QED) is 0.449. The highest BCUT2D eigenvalue weighted by Gasteiger charge is 2.32. The first-order chi connectivity index (χ1) is 15.4. The Hall–Kier alpha value is -2.61. The van der Waals surface area contributed by atoms with Crippen molar-refractivity contribution in [2.45, 2.75) is 37.9 Å². The monoisotopic (exact) mass is 473 g/mol. The van der Waals surface area contributed by atoms with E-state index >= 15 is 0 Å². The Morgan fingerprint density at radius 1 is 1.28 bits per heavy atom. The summed E-state index contributed by atoms with van der Waals surface area (Å²) in [6.07, 6.45) is 2.82. The summed E-state index contributed by atoms with van der Waals surface area (Å²) in [4.78, 5) is 34.2. The number of fused-ring (bicyclic) bond motifs is 1. The fourth-order valence-electron chi connectivity index (χ4n) is 4.25. The fraction of sp³-hybridized carbons (Fsp3) is 0.348. The summed E-state index contributed by atoms with van der Waals surface area (Å²) in [6.45, 7) is 2.67. The zero-order valence-corrected chi connectivity index (χ0v) is 19.4. The lowest BCUT2D eigenvalue weighted by Crippen LogP contribution is -2.47. The Morgan fingerprint density at radius 2 is 2.09 bits per heavy atom. The second kappa shape index (κ2) is 9.48. The van der Waals surface area contributed by atoms with Crippen LogP contribution in [-0.2, 0) is 4.79 Å². The summed E-state index contributed by atoms with van der Waals surface area (Å²) >= 11 is 12.6. The second-order valence-electron chi connectivity index (χ2n) is 8.00. The third kappa shape index (κ3) is 4.46. The Bertz CT molecular complexity index is 1150. The number of hydrogen-bond acceptors (Lipinski definition) is 5. The fourth-order valence-corrected chi connectivity index (χ4v) is 4.70. The lowest BCUT2D eigenvalue weighted by molar-refractivity contribution is -0.109. The molecule has 1 aliphatic rings. The van der Waals surface area contributed by atoms with E-state index in [0.717, 1.165) is 42.4 Å². The van der Waals surface area contributed by atoms with Crippen molar-refractivity contribution >= 4 is 52.1 Å². The number of imidazole rings is 1. The standard InChI is InChI=1S/C23H25Cl2N5O2/c1-13(22-28-17-7-6-15(24)11-18(17)29-22)27-23(32)14-5-8-20(16(25)10-14)30-9-3-4-21(30)19(12-31)26-2/h5-8,10-13,19,21,26H,3-4,9H2,1-2H3,(H,27,32)(H,28,29)/t13-,19?,21+/m0/s1. The van der Waals surface area contributed by atoms with E-state index in [4.69, 9.17) is 23.2 Å². The van der Waals surface area contributed by atoms with Gasteiger partial charge in [0.2, 0.25) is 0 Å². The van der Waals surface area contributed by atoms with Crippen LogP contribution in [0.5, 0.6) is 0 Å². The topological polar surface area (TPSA) is 90.1 Å². The molecule has 3 atom stereocenters. The maximum Gasteiger partial charge on any atom is 0.251 e. The van der Waals surface area contributed by atoms with Crippen molar-refractivity contribution in [3.05, 3.63) is 57.8 Å². The molecule has 9 heteroatoms. The molecule has 7 nitrogen and oxygen atoms in total. The highest BCUT2D eigenvalue weighted by Crippen LogP contribution is 2.33. The van der Waals surface area contributed by atoms with Crippen LogP contribution in [0.25, 0.3) is 11.0 Å². The number of carbonyl (C=O) groups excluding carboxylic acids is 2. The van der Waals surface area contributed by atoms with Crippen molar-refractivity contribution in [2.24, 2.45) is 0 Å². The number of aldehydes is 1. The van der Waals surface area contributed by atoms with Crippen molar-refractivity contribution in [3.8, 4) is 0 Å². The van der Waals surface area contributed by atoms with Crippen LogP contribution < -0.4 is 15.5 Å². The number of nitrogens with zero attached hydrogens (tertiary/aromatic N) is 2. The SMILES string of the molecule is CNC(C=O)[C@H]1CCCN1c1ccc(C(=O)N[C@@H](C)c2nc3cc(Cl)ccc3[nH]2)cc1Cl. The molecule has 0 bridgehead atoms. The smallest absolute Gasteiger partial charge is 0.251 e. The van der Waals surface area contributed by atoms with Crippen molar-refractivity contribution < 1.29 is 9.59 Å². The molecule has 1 fully saturated rings. The molecule has 2 aromatic carbocycles. The van der Waals surface area contributed by atoms with Gasteiger partial charge in [-0.15, -0.1) is 0 Å². The number of aromatic amines is 1. The highest BCUT2D eigenvalue weighted by atomic mass is 35.5. The molecule has 0 spiro atoms. The van der Waals surface area contributed by atoms with Gasteiger partial charge in [-0.3, -0.25) is 4.79 Å². The van der Waals surface area contributed by atoms with E-state index in [1.54, 1.807) is 31.3 Å². The number of aromatic nitrogens is 2. The number of halogens is 2. The summed E-state index contributed by atoms with van der Waals surface area (Å²) in [5, 5.41) is 7.10. The van der Waals surface area contributed by atoms with E-state index in [1.807, 2.05) is 19.1 Å². The van der Waals surface area contributed by atoms with Crippen LogP contribution in [0.2, 0.25) is 10.0 Å². The normalized spacial score (nSPS) is 18.0. The van der Waals surface area contributed by atoms with Crippen molar-refractivity contribution in [1.29, 1.82) is 0 Å². The summed E-state index contributed by atoms with van der Waals surface area (Å²) < 4.78 is 0. The van der Waals surface area contributed by atoms with Crippen LogP contribution in [0.3, 0.4) is 0 Å². The number of nitrogens with one attached hydrogen (secondary N) is 3. The molecule has 4 rings (SSSR count).